The molecule has 2 N–H and O–H groups in total. The van der Waals surface area contributed by atoms with E-state index in [1.165, 1.54) is 0 Å². The number of rotatable bonds is 5. The van der Waals surface area contributed by atoms with E-state index < -0.39 is 0 Å². The number of hydrogen-bond acceptors (Lipinski definition) is 5. The quantitative estimate of drug-likeness (QED) is 0.851. The number of aliphatic hydroxyl groups is 1. The Morgan fingerprint density at radius 3 is 3.00 bits per heavy atom. The van der Waals surface area contributed by atoms with Crippen LogP contribution in [0.3, 0.4) is 0 Å². The van der Waals surface area contributed by atoms with Gasteiger partial charge >= 0.3 is 0 Å². The zero-order chi connectivity index (χ0) is 15.2. The molecule has 0 saturated carbocycles. The van der Waals surface area contributed by atoms with Crippen LogP contribution in [0, 0.1) is 0 Å². The van der Waals surface area contributed by atoms with Crippen LogP contribution in [0.25, 0.3) is 0 Å². The summed E-state index contributed by atoms with van der Waals surface area (Å²) in [5.41, 5.74) is 0.558. The molecule has 116 valence electrons. The van der Waals surface area contributed by atoms with Crippen LogP contribution in [0.5, 0.6) is 0 Å². The normalized spacial score (nSPS) is 22.1. The van der Waals surface area contributed by atoms with E-state index in [0.717, 1.165) is 18.8 Å². The van der Waals surface area contributed by atoms with Crippen molar-refractivity contribution in [2.75, 3.05) is 31.6 Å². The highest BCUT2D eigenvalue weighted by atomic mass is 16.5. The largest absolute Gasteiger partial charge is 0.394 e. The summed E-state index contributed by atoms with van der Waals surface area (Å²) in [6.07, 6.45) is 2.32. The Morgan fingerprint density at radius 1 is 1.57 bits per heavy atom. The molecule has 0 bridgehead atoms. The number of anilines is 1. The fourth-order valence-corrected chi connectivity index (χ4v) is 2.25. The van der Waals surface area contributed by atoms with Gasteiger partial charge in [0.2, 0.25) is 0 Å². The second-order valence-corrected chi connectivity index (χ2v) is 5.30. The molecule has 2 unspecified atom stereocenters. The molecule has 2 heterocycles. The van der Waals surface area contributed by atoms with Crippen LogP contribution in [0.1, 0.15) is 30.6 Å². The molecule has 1 aromatic rings. The predicted octanol–water partition coefficient (Wildman–Crippen LogP) is 1.13. The van der Waals surface area contributed by atoms with Crippen LogP contribution >= 0.6 is 0 Å². The van der Waals surface area contributed by atoms with E-state index in [2.05, 4.69) is 17.2 Å². The Hall–Kier alpha value is -1.66. The molecule has 1 aliphatic heterocycles. The number of morpholine rings is 1. The fourth-order valence-electron chi connectivity index (χ4n) is 2.25. The Balaban J connectivity index is 2.04. The number of hydrogen-bond donors (Lipinski definition) is 2. The van der Waals surface area contributed by atoms with Gasteiger partial charge in [0.25, 0.3) is 5.91 Å². The zero-order valence-corrected chi connectivity index (χ0v) is 12.6. The van der Waals surface area contributed by atoms with Crippen LogP contribution in [0.15, 0.2) is 18.3 Å². The Labute approximate surface area is 125 Å². The minimum absolute atomic E-state index is 0.00167. The Kier molecular flexibility index (Phi) is 5.52. The van der Waals surface area contributed by atoms with Crippen molar-refractivity contribution >= 4 is 11.7 Å². The molecule has 0 radical (unpaired) electrons. The highest BCUT2D eigenvalue weighted by Crippen LogP contribution is 2.16. The monoisotopic (exact) mass is 293 g/mol. The molecule has 0 aliphatic carbocycles. The van der Waals surface area contributed by atoms with E-state index in [9.17, 15) is 9.90 Å². The smallest absolute Gasteiger partial charge is 0.255 e. The third-order valence-corrected chi connectivity index (χ3v) is 3.54. The Morgan fingerprint density at radius 2 is 2.38 bits per heavy atom. The van der Waals surface area contributed by atoms with Gasteiger partial charge in [0.05, 0.1) is 30.9 Å². The Bertz CT molecular complexity index is 464. The zero-order valence-electron chi connectivity index (χ0n) is 12.6. The highest BCUT2D eigenvalue weighted by molar-refractivity contribution is 5.94. The molecule has 1 amide bonds. The van der Waals surface area contributed by atoms with Crippen LogP contribution in [-0.2, 0) is 4.74 Å². The minimum Gasteiger partial charge on any atom is -0.394 e. The first kappa shape index (κ1) is 15.7. The molecule has 0 spiro atoms. The van der Waals surface area contributed by atoms with Gasteiger partial charge < -0.3 is 20.1 Å². The molecule has 1 aliphatic rings. The molecule has 2 rings (SSSR count). The SMILES string of the molecule is CCCNc1ccc(C(=O)N2CC(CO)OCC2C)cn1. The molecule has 1 aromatic heterocycles. The maximum Gasteiger partial charge on any atom is 0.255 e. The fraction of sp³-hybridized carbons (Fsp3) is 0.600. The number of amides is 1. The first-order chi connectivity index (χ1) is 10.2. The summed E-state index contributed by atoms with van der Waals surface area (Å²) in [7, 11) is 0. The average Bonchev–Trinajstić information content (AvgIpc) is 2.53. The molecular formula is C15H23N3O3. The van der Waals surface area contributed by atoms with Gasteiger partial charge in [-0.2, -0.15) is 0 Å². The first-order valence-electron chi connectivity index (χ1n) is 7.39. The lowest BCUT2D eigenvalue weighted by molar-refractivity contribution is -0.0667. The summed E-state index contributed by atoms with van der Waals surface area (Å²) in [5, 5.41) is 12.4. The summed E-state index contributed by atoms with van der Waals surface area (Å²) in [5.74, 6) is 0.704. The number of aliphatic hydroxyl groups excluding tert-OH is 1. The number of carbonyl (C=O) groups is 1. The number of pyridine rings is 1. The van der Waals surface area contributed by atoms with Gasteiger partial charge in [-0.05, 0) is 25.5 Å². The maximum absolute atomic E-state index is 12.5. The number of aromatic nitrogens is 1. The number of nitrogens with one attached hydrogen (secondary N) is 1. The van der Waals surface area contributed by atoms with Crippen molar-refractivity contribution in [3.8, 4) is 0 Å². The van der Waals surface area contributed by atoms with Crippen molar-refractivity contribution in [3.63, 3.8) is 0 Å². The second kappa shape index (κ2) is 7.38. The van der Waals surface area contributed by atoms with Gasteiger partial charge in [0, 0.05) is 19.3 Å². The third-order valence-electron chi connectivity index (χ3n) is 3.54. The minimum atomic E-state index is -0.302. The average molecular weight is 293 g/mol. The van der Waals surface area contributed by atoms with Gasteiger partial charge in [0.1, 0.15) is 5.82 Å². The molecule has 6 nitrogen and oxygen atoms in total. The summed E-state index contributed by atoms with van der Waals surface area (Å²) < 4.78 is 5.45. The predicted molar refractivity (Wildman–Crippen MR) is 80.3 cm³/mol. The van der Waals surface area contributed by atoms with E-state index in [4.69, 9.17) is 4.74 Å². The topological polar surface area (TPSA) is 74.7 Å². The van der Waals surface area contributed by atoms with Crippen molar-refractivity contribution in [1.82, 2.24) is 9.88 Å². The molecule has 0 aromatic carbocycles. The summed E-state index contributed by atoms with van der Waals surface area (Å²) in [6, 6.07) is 3.60. The standard InChI is InChI=1S/C15H23N3O3/c1-3-6-16-14-5-4-12(7-17-14)15(20)18-8-13(9-19)21-10-11(18)2/h4-5,7,11,13,19H,3,6,8-10H2,1-2H3,(H,16,17). The second-order valence-electron chi connectivity index (χ2n) is 5.30. The van der Waals surface area contributed by atoms with Crippen molar-refractivity contribution in [3.05, 3.63) is 23.9 Å². The lowest BCUT2D eigenvalue weighted by Crippen LogP contribution is -2.52. The van der Waals surface area contributed by atoms with Gasteiger partial charge in [-0.15, -0.1) is 0 Å². The summed E-state index contributed by atoms with van der Waals surface area (Å²) in [4.78, 5) is 18.5. The molecule has 2 atom stereocenters. The molecule has 1 saturated heterocycles. The van der Waals surface area contributed by atoms with Gasteiger partial charge in [0.15, 0.2) is 0 Å². The number of nitrogens with zero attached hydrogens (tertiary/aromatic N) is 2. The van der Waals surface area contributed by atoms with Crippen LogP contribution in [0.2, 0.25) is 0 Å². The van der Waals surface area contributed by atoms with Gasteiger partial charge in [-0.3, -0.25) is 4.79 Å². The van der Waals surface area contributed by atoms with Crippen molar-refractivity contribution in [2.45, 2.75) is 32.4 Å². The molecular weight excluding hydrogens is 270 g/mol. The van der Waals surface area contributed by atoms with E-state index in [-0.39, 0.29) is 24.7 Å². The maximum atomic E-state index is 12.5. The molecule has 1 fully saturated rings. The van der Waals surface area contributed by atoms with E-state index in [1.54, 1.807) is 17.2 Å². The van der Waals surface area contributed by atoms with Crippen molar-refractivity contribution < 1.29 is 14.6 Å². The summed E-state index contributed by atoms with van der Waals surface area (Å²) in [6.45, 7) is 5.67. The van der Waals surface area contributed by atoms with Crippen molar-refractivity contribution in [2.24, 2.45) is 0 Å². The van der Waals surface area contributed by atoms with E-state index >= 15 is 0 Å². The van der Waals surface area contributed by atoms with E-state index in [1.807, 2.05) is 13.0 Å². The highest BCUT2D eigenvalue weighted by Gasteiger charge is 2.29. The lowest BCUT2D eigenvalue weighted by atomic mass is 10.1. The van der Waals surface area contributed by atoms with Gasteiger partial charge in [-0.25, -0.2) is 4.98 Å². The number of carbonyl (C=O) groups excluding carboxylic acids is 1. The van der Waals surface area contributed by atoms with Crippen LogP contribution < -0.4 is 5.32 Å². The third kappa shape index (κ3) is 3.92. The molecule has 21 heavy (non-hydrogen) atoms. The van der Waals surface area contributed by atoms with Crippen LogP contribution in [-0.4, -0.2) is 59.3 Å². The van der Waals surface area contributed by atoms with Crippen LogP contribution in [0.4, 0.5) is 5.82 Å². The van der Waals surface area contributed by atoms with Crippen molar-refractivity contribution in [1.29, 1.82) is 0 Å². The lowest BCUT2D eigenvalue weighted by Gasteiger charge is -2.37. The molecule has 6 heteroatoms. The van der Waals surface area contributed by atoms with E-state index in [0.29, 0.717) is 18.7 Å². The first-order valence-corrected chi connectivity index (χ1v) is 7.39. The summed E-state index contributed by atoms with van der Waals surface area (Å²) >= 11 is 0. The number of ether oxygens (including phenoxy) is 1. The van der Waals surface area contributed by atoms with Gasteiger partial charge in [-0.1, -0.05) is 6.92 Å².